The highest BCUT2D eigenvalue weighted by Gasteiger charge is 2.79. The predicted octanol–water partition coefficient (Wildman–Crippen LogP) is 6.61. The number of carboxylic acid groups (broad SMARTS) is 1. The van der Waals surface area contributed by atoms with Crippen LogP contribution in [0.5, 0.6) is 0 Å². The molecule has 4 N–H and O–H groups in total. The first-order valence-corrected chi connectivity index (χ1v) is 17.3. The molecule has 3 unspecified atom stereocenters. The molecule has 6 atom stereocenters. The van der Waals surface area contributed by atoms with E-state index in [1.165, 1.54) is 6.92 Å². The Morgan fingerprint density at radius 1 is 0.980 bits per heavy atom. The van der Waals surface area contributed by atoms with Crippen molar-refractivity contribution < 1.29 is 61.1 Å². The number of carbonyl (C=O) groups excluding carboxylic acids is 1. The number of aliphatic carboxylic acids is 1. The van der Waals surface area contributed by atoms with Crippen molar-refractivity contribution in [1.82, 2.24) is 5.32 Å². The number of nitrogens with one attached hydrogen (secondary N) is 1. The molecule has 14 heteroatoms. The van der Waals surface area contributed by atoms with E-state index >= 15 is 8.78 Å². The number of benzene rings is 1. The fourth-order valence-corrected chi connectivity index (χ4v) is 9.62. The lowest BCUT2D eigenvalue weighted by molar-refractivity contribution is -0.362. The van der Waals surface area contributed by atoms with Crippen molar-refractivity contribution in [2.45, 2.75) is 120 Å². The van der Waals surface area contributed by atoms with Gasteiger partial charge in [0.1, 0.15) is 12.2 Å². The van der Waals surface area contributed by atoms with E-state index in [9.17, 15) is 33.0 Å². The molecular formula is C36H46F5NO8. The van der Waals surface area contributed by atoms with E-state index < -0.39 is 70.7 Å². The Morgan fingerprint density at radius 2 is 1.64 bits per heavy atom. The van der Waals surface area contributed by atoms with Gasteiger partial charge in [0.25, 0.3) is 0 Å². The van der Waals surface area contributed by atoms with E-state index in [1.54, 1.807) is 24.3 Å². The summed E-state index contributed by atoms with van der Waals surface area (Å²) in [7, 11) is 0. The van der Waals surface area contributed by atoms with Gasteiger partial charge in [-0.25, -0.2) is 4.79 Å². The topological polar surface area (TPSA) is 135 Å². The molecule has 3 saturated carbocycles. The molecule has 0 radical (unpaired) electrons. The van der Waals surface area contributed by atoms with Crippen LogP contribution in [0.1, 0.15) is 95.6 Å². The number of alkyl carbamates (subject to hydrolysis) is 1. The van der Waals surface area contributed by atoms with Gasteiger partial charge in [0.2, 0.25) is 0 Å². The summed E-state index contributed by atoms with van der Waals surface area (Å²) in [6.07, 6.45) is -6.33. The molecule has 0 bridgehead atoms. The molecule has 1 aliphatic heterocycles. The van der Waals surface area contributed by atoms with Gasteiger partial charge >= 0.3 is 24.2 Å². The maximum Gasteiger partial charge on any atom is 0.456 e. The highest BCUT2D eigenvalue weighted by atomic mass is 19.4. The molecule has 1 saturated heterocycles. The van der Waals surface area contributed by atoms with Crippen LogP contribution < -0.4 is 5.32 Å². The monoisotopic (exact) mass is 715 g/mol. The standard InChI is InChI=1S/C36H46F5NO8/c1-30(2)19-49-33(50-20-30)13-9-26-28-23(8-12-32(26,46)18-33)25-10-14-34(47,35(37,38)36(39,40)41)31(25,3)16-24(28)22-6-4-21(5-7-22)17-48-29(45)42-15-11-27(43)44/h4-7,23-25,46-47H,8-20H2,1-3H3,(H,42,45)(H,43,44)/t23?,24-,25?,31+,32?,34+/m1/s1. The SMILES string of the molecule is CC1(C)COC2(CCC3=C4C(CCC3(O)C2)C2CC[C@@](O)(C(F)(F)C(F)(F)F)[C@@]2(C)C[C@@H]4c2ccc(COC(=O)NCCC(=O)O)cc2)OC1. The lowest BCUT2D eigenvalue weighted by Gasteiger charge is -2.59. The van der Waals surface area contributed by atoms with Crippen LogP contribution in [0.15, 0.2) is 35.4 Å². The number of alkyl halides is 5. The fraction of sp³-hybridized carbons (Fsp3) is 0.722. The van der Waals surface area contributed by atoms with E-state index in [4.69, 9.17) is 19.3 Å². The highest BCUT2D eigenvalue weighted by molar-refractivity contribution is 5.70. The summed E-state index contributed by atoms with van der Waals surface area (Å²) in [4.78, 5) is 22.7. The highest BCUT2D eigenvalue weighted by Crippen LogP contribution is 2.71. The van der Waals surface area contributed by atoms with Gasteiger partial charge in [-0.05, 0) is 67.1 Å². The van der Waals surface area contributed by atoms with Crippen LogP contribution >= 0.6 is 0 Å². The number of carbonyl (C=O) groups is 2. The van der Waals surface area contributed by atoms with Crippen molar-refractivity contribution in [3.8, 4) is 0 Å². The molecule has 278 valence electrons. The first-order valence-electron chi connectivity index (χ1n) is 17.3. The zero-order chi connectivity index (χ0) is 36.5. The molecule has 50 heavy (non-hydrogen) atoms. The van der Waals surface area contributed by atoms with Crippen LogP contribution in [0.2, 0.25) is 0 Å². The number of carboxylic acids is 1. The van der Waals surface area contributed by atoms with Crippen molar-refractivity contribution in [3.63, 3.8) is 0 Å². The molecule has 4 aliphatic carbocycles. The van der Waals surface area contributed by atoms with Gasteiger partial charge in [-0.15, -0.1) is 0 Å². The van der Waals surface area contributed by atoms with E-state index in [0.29, 0.717) is 43.6 Å². The van der Waals surface area contributed by atoms with Gasteiger partial charge in [-0.1, -0.05) is 50.6 Å². The van der Waals surface area contributed by atoms with E-state index in [1.807, 2.05) is 13.8 Å². The van der Waals surface area contributed by atoms with Crippen molar-refractivity contribution in [1.29, 1.82) is 0 Å². The fourth-order valence-electron chi connectivity index (χ4n) is 9.62. The summed E-state index contributed by atoms with van der Waals surface area (Å²) in [5.74, 6) is -9.21. The molecule has 5 aliphatic rings. The van der Waals surface area contributed by atoms with Gasteiger partial charge in [0, 0.05) is 36.1 Å². The molecule has 1 amide bonds. The van der Waals surface area contributed by atoms with Crippen LogP contribution in [-0.4, -0.2) is 76.2 Å². The number of aliphatic hydroxyl groups is 2. The average molecular weight is 716 g/mol. The first kappa shape index (κ1) is 37.0. The third-order valence-electron chi connectivity index (χ3n) is 12.3. The van der Waals surface area contributed by atoms with Crippen molar-refractivity contribution in [2.24, 2.45) is 22.7 Å². The Bertz CT molecular complexity index is 1520. The smallest absolute Gasteiger partial charge is 0.456 e. The Kier molecular flexibility index (Phi) is 9.17. The quantitative estimate of drug-likeness (QED) is 0.183. The van der Waals surface area contributed by atoms with Gasteiger partial charge in [0.05, 0.1) is 25.2 Å². The zero-order valence-electron chi connectivity index (χ0n) is 28.5. The Balaban J connectivity index is 1.35. The number of ether oxygens (including phenoxy) is 3. The second-order valence-electron chi connectivity index (χ2n) is 16.1. The van der Waals surface area contributed by atoms with Crippen molar-refractivity contribution in [2.75, 3.05) is 19.8 Å². The van der Waals surface area contributed by atoms with Crippen molar-refractivity contribution >= 4 is 12.1 Å². The average Bonchev–Trinajstić information content (AvgIpc) is 3.31. The number of halogens is 5. The molecule has 0 aromatic heterocycles. The summed E-state index contributed by atoms with van der Waals surface area (Å²) in [6, 6.07) is 6.75. The molecule has 1 aromatic rings. The van der Waals surface area contributed by atoms with Gasteiger partial charge in [-0.2, -0.15) is 22.0 Å². The molecule has 9 nitrogen and oxygen atoms in total. The van der Waals surface area contributed by atoms with Crippen molar-refractivity contribution in [3.05, 3.63) is 46.5 Å². The maximum atomic E-state index is 15.4. The van der Waals surface area contributed by atoms with Gasteiger partial charge < -0.3 is 34.8 Å². The van der Waals surface area contributed by atoms with E-state index in [2.05, 4.69) is 5.32 Å². The van der Waals surface area contributed by atoms with Crippen LogP contribution in [0.25, 0.3) is 0 Å². The van der Waals surface area contributed by atoms with Crippen LogP contribution in [0.3, 0.4) is 0 Å². The number of amides is 1. The second kappa shape index (κ2) is 12.4. The zero-order valence-corrected chi connectivity index (χ0v) is 28.5. The van der Waals surface area contributed by atoms with E-state index in [-0.39, 0.29) is 50.7 Å². The minimum atomic E-state index is -5.95. The first-order chi connectivity index (χ1) is 23.2. The summed E-state index contributed by atoms with van der Waals surface area (Å²) < 4.78 is 90.2. The summed E-state index contributed by atoms with van der Waals surface area (Å²) in [5.41, 5.74) is -3.89. The summed E-state index contributed by atoms with van der Waals surface area (Å²) in [5, 5.41) is 35.0. The molecular weight excluding hydrogens is 669 g/mol. The minimum absolute atomic E-state index is 0.0126. The second-order valence-corrected chi connectivity index (χ2v) is 16.1. The lowest BCUT2D eigenvalue weighted by atomic mass is 9.49. The summed E-state index contributed by atoms with van der Waals surface area (Å²) in [6.45, 7) is 6.05. The largest absolute Gasteiger partial charge is 0.481 e. The number of rotatable bonds is 7. The maximum absolute atomic E-state index is 15.4. The normalized spacial score (nSPS) is 34.8. The van der Waals surface area contributed by atoms with Gasteiger partial charge in [-0.3, -0.25) is 4.79 Å². The Labute approximate surface area is 287 Å². The third kappa shape index (κ3) is 6.11. The van der Waals surface area contributed by atoms with Crippen LogP contribution in [0.4, 0.5) is 26.7 Å². The number of hydrogen-bond donors (Lipinski definition) is 4. The predicted molar refractivity (Wildman–Crippen MR) is 168 cm³/mol. The minimum Gasteiger partial charge on any atom is -0.481 e. The number of allylic oxidation sites excluding steroid dienone is 1. The van der Waals surface area contributed by atoms with Gasteiger partial charge in [0.15, 0.2) is 5.79 Å². The molecule has 1 spiro atoms. The molecule has 1 heterocycles. The van der Waals surface area contributed by atoms with E-state index in [0.717, 1.165) is 11.1 Å². The number of hydrogen-bond acceptors (Lipinski definition) is 7. The molecule has 1 aromatic carbocycles. The third-order valence-corrected chi connectivity index (χ3v) is 12.3. The number of fused-ring (bicyclic) bond motifs is 4. The molecule has 4 fully saturated rings. The Morgan fingerprint density at radius 3 is 2.26 bits per heavy atom. The Hall–Kier alpha value is -2.81. The molecule has 6 rings (SSSR count). The van der Waals surface area contributed by atoms with Crippen LogP contribution in [0, 0.1) is 22.7 Å². The van der Waals surface area contributed by atoms with Crippen LogP contribution in [-0.2, 0) is 25.6 Å². The summed E-state index contributed by atoms with van der Waals surface area (Å²) >= 11 is 0. The lowest BCUT2D eigenvalue weighted by Crippen LogP contribution is -2.65.